The molecule has 0 aliphatic carbocycles. The zero-order valence-corrected chi connectivity index (χ0v) is 11.1. The molecule has 0 spiro atoms. The predicted octanol–water partition coefficient (Wildman–Crippen LogP) is 2.05. The molecule has 1 aromatic heterocycles. The zero-order chi connectivity index (χ0) is 13.4. The summed E-state index contributed by atoms with van der Waals surface area (Å²) in [6.07, 6.45) is 1.24. The van der Waals surface area contributed by atoms with Gasteiger partial charge in [0, 0.05) is 11.4 Å². The Bertz CT molecular complexity index is 379. The second-order valence-corrected chi connectivity index (χ2v) is 5.10. The third kappa shape index (κ3) is 5.67. The number of hydrogen-bond donors (Lipinski definition) is 3. The third-order valence-corrected chi connectivity index (χ3v) is 3.40. The molecule has 0 aliphatic heterocycles. The van der Waals surface area contributed by atoms with Crippen molar-refractivity contribution in [3.05, 3.63) is 22.4 Å². The van der Waals surface area contributed by atoms with Crippen molar-refractivity contribution in [2.75, 3.05) is 6.54 Å². The molecule has 0 radical (unpaired) electrons. The van der Waals surface area contributed by atoms with E-state index < -0.39 is 5.97 Å². The fraction of sp³-hybridized carbons (Fsp3) is 0.500. The molecule has 0 aliphatic rings. The van der Waals surface area contributed by atoms with Crippen LogP contribution in [0.5, 0.6) is 0 Å². The summed E-state index contributed by atoms with van der Waals surface area (Å²) in [4.78, 5) is 23.0. The van der Waals surface area contributed by atoms with Crippen molar-refractivity contribution in [3.63, 3.8) is 0 Å². The number of carboxylic acids is 1. The van der Waals surface area contributed by atoms with Crippen LogP contribution >= 0.6 is 11.3 Å². The van der Waals surface area contributed by atoms with Gasteiger partial charge < -0.3 is 15.7 Å². The lowest BCUT2D eigenvalue weighted by Crippen LogP contribution is -2.35. The Kier molecular flexibility index (Phi) is 6.21. The van der Waals surface area contributed by atoms with Crippen molar-refractivity contribution in [1.29, 1.82) is 0 Å². The summed E-state index contributed by atoms with van der Waals surface area (Å²) in [7, 11) is 0. The predicted molar refractivity (Wildman–Crippen MR) is 70.6 cm³/mol. The zero-order valence-electron chi connectivity index (χ0n) is 10.3. The Morgan fingerprint density at radius 1 is 1.44 bits per heavy atom. The summed E-state index contributed by atoms with van der Waals surface area (Å²) in [5.74, 6) is -1.15. The quantitative estimate of drug-likeness (QED) is 0.663. The monoisotopic (exact) mass is 270 g/mol. The van der Waals surface area contributed by atoms with Crippen molar-refractivity contribution in [1.82, 2.24) is 10.6 Å². The summed E-state index contributed by atoms with van der Waals surface area (Å²) in [5.41, 5.74) is 0. The molecule has 18 heavy (non-hydrogen) atoms. The number of thiophene rings is 1. The van der Waals surface area contributed by atoms with Crippen LogP contribution in [0, 0.1) is 5.92 Å². The van der Waals surface area contributed by atoms with Crippen LogP contribution in [0.2, 0.25) is 0 Å². The number of carbonyl (C=O) groups excluding carboxylic acids is 1. The van der Waals surface area contributed by atoms with Crippen LogP contribution in [-0.2, 0) is 11.3 Å². The van der Waals surface area contributed by atoms with Gasteiger partial charge in [-0.15, -0.1) is 11.3 Å². The molecule has 6 heteroatoms. The highest BCUT2D eigenvalue weighted by atomic mass is 32.1. The van der Waals surface area contributed by atoms with Gasteiger partial charge in [0.05, 0.1) is 12.5 Å². The lowest BCUT2D eigenvalue weighted by Gasteiger charge is -2.08. The number of nitrogens with one attached hydrogen (secondary N) is 2. The van der Waals surface area contributed by atoms with E-state index in [9.17, 15) is 9.59 Å². The van der Waals surface area contributed by atoms with Crippen molar-refractivity contribution in [2.45, 2.75) is 26.3 Å². The van der Waals surface area contributed by atoms with Crippen LogP contribution in [0.15, 0.2) is 17.5 Å². The van der Waals surface area contributed by atoms with Crippen molar-refractivity contribution < 1.29 is 14.7 Å². The highest BCUT2D eigenvalue weighted by Crippen LogP contribution is 2.07. The number of carboxylic acid groups (broad SMARTS) is 1. The molecule has 0 saturated heterocycles. The standard InChI is InChI=1S/C12H18N2O3S/c1-9(11(15)16)4-2-6-13-12(17)14-8-10-5-3-7-18-10/h3,5,7,9H,2,4,6,8H2,1H3,(H,15,16)(H2,13,14,17). The molecule has 0 aromatic carbocycles. The van der Waals surface area contributed by atoms with E-state index in [0.29, 0.717) is 25.9 Å². The topological polar surface area (TPSA) is 78.4 Å². The van der Waals surface area contributed by atoms with Gasteiger partial charge >= 0.3 is 12.0 Å². The average Bonchev–Trinajstić information content (AvgIpc) is 2.84. The molecule has 2 amide bonds. The fourth-order valence-corrected chi connectivity index (χ4v) is 2.02. The van der Waals surface area contributed by atoms with Crippen LogP contribution in [0.3, 0.4) is 0 Å². The van der Waals surface area contributed by atoms with Gasteiger partial charge in [-0.25, -0.2) is 4.79 Å². The molecule has 1 unspecified atom stereocenters. The van der Waals surface area contributed by atoms with Gasteiger partial charge in [0.1, 0.15) is 0 Å². The van der Waals surface area contributed by atoms with E-state index in [4.69, 9.17) is 5.11 Å². The lowest BCUT2D eigenvalue weighted by atomic mass is 10.1. The average molecular weight is 270 g/mol. The van der Waals surface area contributed by atoms with Crippen molar-refractivity contribution >= 4 is 23.3 Å². The number of carbonyl (C=O) groups is 2. The summed E-state index contributed by atoms with van der Waals surface area (Å²) in [5, 5.41) is 16.1. The van der Waals surface area contributed by atoms with Gasteiger partial charge in [-0.3, -0.25) is 4.79 Å². The van der Waals surface area contributed by atoms with Crippen LogP contribution in [0.1, 0.15) is 24.6 Å². The molecule has 1 heterocycles. The maximum absolute atomic E-state index is 11.4. The first-order chi connectivity index (χ1) is 8.59. The second kappa shape index (κ2) is 7.71. The number of hydrogen-bond acceptors (Lipinski definition) is 3. The molecule has 5 nitrogen and oxygen atoms in total. The lowest BCUT2D eigenvalue weighted by molar-refractivity contribution is -0.141. The van der Waals surface area contributed by atoms with Crippen molar-refractivity contribution in [2.24, 2.45) is 5.92 Å². The number of urea groups is 1. The Morgan fingerprint density at radius 3 is 2.83 bits per heavy atom. The van der Waals surface area contributed by atoms with E-state index in [-0.39, 0.29) is 11.9 Å². The largest absolute Gasteiger partial charge is 0.481 e. The van der Waals surface area contributed by atoms with E-state index in [1.54, 1.807) is 18.3 Å². The minimum Gasteiger partial charge on any atom is -0.481 e. The summed E-state index contributed by atoms with van der Waals surface area (Å²) in [6.45, 7) is 2.68. The third-order valence-electron chi connectivity index (χ3n) is 2.52. The smallest absolute Gasteiger partial charge is 0.315 e. The minimum absolute atomic E-state index is 0.216. The van der Waals surface area contributed by atoms with E-state index in [2.05, 4.69) is 10.6 Å². The first-order valence-corrected chi connectivity index (χ1v) is 6.74. The fourth-order valence-electron chi connectivity index (χ4n) is 1.38. The molecular weight excluding hydrogens is 252 g/mol. The van der Waals surface area contributed by atoms with Crippen LogP contribution in [0.4, 0.5) is 4.79 Å². The SMILES string of the molecule is CC(CCCNC(=O)NCc1cccs1)C(=O)O. The minimum atomic E-state index is -0.794. The number of aliphatic carboxylic acids is 1. The maximum atomic E-state index is 11.4. The molecule has 1 aromatic rings. The van der Waals surface area contributed by atoms with Crippen LogP contribution < -0.4 is 10.6 Å². The Hall–Kier alpha value is -1.56. The van der Waals surface area contributed by atoms with Crippen LogP contribution in [-0.4, -0.2) is 23.7 Å². The number of amides is 2. The van der Waals surface area contributed by atoms with Gasteiger partial charge in [0.25, 0.3) is 0 Å². The van der Waals surface area contributed by atoms with Gasteiger partial charge in [-0.2, -0.15) is 0 Å². The normalized spacial score (nSPS) is 11.8. The molecule has 1 atom stereocenters. The first kappa shape index (κ1) is 14.5. The molecular formula is C12H18N2O3S. The maximum Gasteiger partial charge on any atom is 0.315 e. The summed E-state index contributed by atoms with van der Waals surface area (Å²) < 4.78 is 0. The second-order valence-electron chi connectivity index (χ2n) is 4.07. The molecule has 100 valence electrons. The first-order valence-electron chi connectivity index (χ1n) is 5.86. The van der Waals surface area contributed by atoms with Crippen LogP contribution in [0.25, 0.3) is 0 Å². The molecule has 3 N–H and O–H groups in total. The highest BCUT2D eigenvalue weighted by molar-refractivity contribution is 7.09. The summed E-state index contributed by atoms with van der Waals surface area (Å²) in [6, 6.07) is 3.68. The molecule has 1 rings (SSSR count). The number of rotatable bonds is 7. The van der Waals surface area contributed by atoms with E-state index in [1.807, 2.05) is 17.5 Å². The Balaban J connectivity index is 2.05. The molecule has 0 bridgehead atoms. The van der Waals surface area contributed by atoms with Gasteiger partial charge in [0.15, 0.2) is 0 Å². The molecule has 0 fully saturated rings. The van der Waals surface area contributed by atoms with Crippen molar-refractivity contribution in [3.8, 4) is 0 Å². The summed E-state index contributed by atoms with van der Waals surface area (Å²) >= 11 is 1.59. The van der Waals surface area contributed by atoms with E-state index in [1.165, 1.54) is 0 Å². The van der Waals surface area contributed by atoms with E-state index in [0.717, 1.165) is 4.88 Å². The molecule has 0 saturated carbocycles. The Labute approximate surface area is 110 Å². The highest BCUT2D eigenvalue weighted by Gasteiger charge is 2.09. The van der Waals surface area contributed by atoms with Gasteiger partial charge in [-0.1, -0.05) is 13.0 Å². The van der Waals surface area contributed by atoms with Gasteiger partial charge in [-0.05, 0) is 24.3 Å². The van der Waals surface area contributed by atoms with Gasteiger partial charge in [0.2, 0.25) is 0 Å². The van der Waals surface area contributed by atoms with E-state index >= 15 is 0 Å². The Morgan fingerprint density at radius 2 is 2.22 bits per heavy atom.